The highest BCUT2D eigenvalue weighted by atomic mass is 35.5. The van der Waals surface area contributed by atoms with Crippen molar-refractivity contribution in [2.75, 3.05) is 6.54 Å². The van der Waals surface area contributed by atoms with Crippen molar-refractivity contribution in [3.05, 3.63) is 51.6 Å². The lowest BCUT2D eigenvalue weighted by molar-refractivity contribution is 0.193. The van der Waals surface area contributed by atoms with Gasteiger partial charge in [-0.05, 0) is 38.0 Å². The molecule has 2 aromatic rings. The van der Waals surface area contributed by atoms with Gasteiger partial charge in [0.15, 0.2) is 0 Å². The lowest BCUT2D eigenvalue weighted by Crippen LogP contribution is -2.23. The predicted octanol–water partition coefficient (Wildman–Crippen LogP) is 3.44. The molecule has 1 aromatic heterocycles. The number of hydrogen-bond donors (Lipinski definition) is 1. The van der Waals surface area contributed by atoms with Crippen LogP contribution >= 0.6 is 11.6 Å². The third kappa shape index (κ3) is 3.42. The Bertz CT molecular complexity index is 714. The van der Waals surface area contributed by atoms with Crippen LogP contribution in [0, 0.1) is 12.7 Å². The maximum Gasteiger partial charge on any atom is 0.132 e. The number of aliphatic hydroxyl groups excluding tert-OH is 1. The number of aryl methyl sites for hydroxylation is 2. The second-order valence-electron chi connectivity index (χ2n) is 6.18. The van der Waals surface area contributed by atoms with E-state index in [2.05, 4.69) is 10.00 Å². The van der Waals surface area contributed by atoms with E-state index in [0.29, 0.717) is 34.9 Å². The molecule has 23 heavy (non-hydrogen) atoms. The molecule has 1 atom stereocenters. The van der Waals surface area contributed by atoms with Crippen molar-refractivity contribution in [1.29, 1.82) is 0 Å². The molecule has 4 nitrogen and oxygen atoms in total. The van der Waals surface area contributed by atoms with E-state index in [1.165, 1.54) is 0 Å². The zero-order chi connectivity index (χ0) is 16.6. The number of hydrogen-bond acceptors (Lipinski definition) is 3. The topological polar surface area (TPSA) is 41.3 Å². The summed E-state index contributed by atoms with van der Waals surface area (Å²) in [6, 6.07) is 5.38. The lowest BCUT2D eigenvalue weighted by Gasteiger charge is -2.21. The van der Waals surface area contributed by atoms with Crippen molar-refractivity contribution in [3.8, 4) is 0 Å². The highest BCUT2D eigenvalue weighted by Crippen LogP contribution is 2.25. The molecule has 0 unspecified atom stereocenters. The molecule has 0 fully saturated rings. The first-order valence-electron chi connectivity index (χ1n) is 7.86. The minimum Gasteiger partial charge on any atom is -0.387 e. The van der Waals surface area contributed by atoms with Gasteiger partial charge < -0.3 is 5.11 Å². The summed E-state index contributed by atoms with van der Waals surface area (Å²) in [6.45, 7) is 6.27. The number of rotatable bonds is 3. The molecule has 2 heterocycles. The van der Waals surface area contributed by atoms with Crippen LogP contribution < -0.4 is 0 Å². The molecule has 6 heteroatoms. The number of nitrogens with zero attached hydrogens (tertiary/aromatic N) is 3. The first kappa shape index (κ1) is 16.4. The third-order valence-corrected chi connectivity index (χ3v) is 4.66. The van der Waals surface area contributed by atoms with Crippen molar-refractivity contribution in [1.82, 2.24) is 14.7 Å². The second-order valence-corrected chi connectivity index (χ2v) is 6.59. The standard InChI is InChI=1S/C17H21ClFN3O/c1-11-4-5-15(18)14(17(11)19)10-21-6-3-7-22-13(9-21)8-16(20-22)12(2)23/h4-5,8,12,23H,3,6-7,9-10H2,1-2H3/t12-/m0/s1. The monoisotopic (exact) mass is 337 g/mol. The molecule has 0 bridgehead atoms. The summed E-state index contributed by atoms with van der Waals surface area (Å²) >= 11 is 6.19. The van der Waals surface area contributed by atoms with Gasteiger partial charge in [0.1, 0.15) is 5.82 Å². The maximum absolute atomic E-state index is 14.4. The van der Waals surface area contributed by atoms with E-state index >= 15 is 0 Å². The quantitative estimate of drug-likeness (QED) is 0.932. The van der Waals surface area contributed by atoms with E-state index in [0.717, 1.165) is 25.2 Å². The minimum absolute atomic E-state index is 0.222. The van der Waals surface area contributed by atoms with Crippen LogP contribution in [0.15, 0.2) is 18.2 Å². The van der Waals surface area contributed by atoms with Crippen molar-refractivity contribution < 1.29 is 9.50 Å². The van der Waals surface area contributed by atoms with Crippen molar-refractivity contribution >= 4 is 11.6 Å². The Hall–Kier alpha value is -1.43. The molecule has 0 amide bonds. The fourth-order valence-corrected chi connectivity index (χ4v) is 3.18. The van der Waals surface area contributed by atoms with Gasteiger partial charge in [0, 0.05) is 36.8 Å². The largest absolute Gasteiger partial charge is 0.387 e. The molecule has 0 saturated heterocycles. The predicted molar refractivity (Wildman–Crippen MR) is 87.7 cm³/mol. The number of halogens is 2. The summed E-state index contributed by atoms with van der Waals surface area (Å²) in [5.41, 5.74) is 2.89. The van der Waals surface area contributed by atoms with Gasteiger partial charge in [-0.25, -0.2) is 4.39 Å². The third-order valence-electron chi connectivity index (χ3n) is 4.30. The van der Waals surface area contributed by atoms with Gasteiger partial charge in [-0.3, -0.25) is 9.58 Å². The highest BCUT2D eigenvalue weighted by Gasteiger charge is 2.20. The van der Waals surface area contributed by atoms with Crippen LogP contribution in [0.5, 0.6) is 0 Å². The molecule has 1 aliphatic rings. The average Bonchev–Trinajstić information content (AvgIpc) is 2.81. The first-order valence-corrected chi connectivity index (χ1v) is 8.24. The summed E-state index contributed by atoms with van der Waals surface area (Å²) < 4.78 is 16.3. The van der Waals surface area contributed by atoms with Gasteiger partial charge in [0.25, 0.3) is 0 Å². The van der Waals surface area contributed by atoms with Crippen LogP contribution in [-0.2, 0) is 19.6 Å². The van der Waals surface area contributed by atoms with Gasteiger partial charge in [0.2, 0.25) is 0 Å². The molecule has 1 aliphatic heterocycles. The number of aliphatic hydroxyl groups is 1. The molecular weight excluding hydrogens is 317 g/mol. The molecule has 0 aliphatic carbocycles. The van der Waals surface area contributed by atoms with Crippen molar-refractivity contribution in [2.45, 2.75) is 46.0 Å². The molecule has 124 valence electrons. The van der Waals surface area contributed by atoms with Gasteiger partial charge in [-0.2, -0.15) is 5.10 Å². The summed E-state index contributed by atoms with van der Waals surface area (Å²) in [6.07, 6.45) is 0.352. The first-order chi connectivity index (χ1) is 11.0. The van der Waals surface area contributed by atoms with E-state index in [-0.39, 0.29) is 5.82 Å². The smallest absolute Gasteiger partial charge is 0.132 e. The summed E-state index contributed by atoms with van der Waals surface area (Å²) in [7, 11) is 0. The summed E-state index contributed by atoms with van der Waals surface area (Å²) in [5, 5.41) is 14.6. The molecule has 0 saturated carbocycles. The van der Waals surface area contributed by atoms with Crippen LogP contribution in [0.4, 0.5) is 4.39 Å². The molecule has 0 spiro atoms. The minimum atomic E-state index is -0.577. The molecule has 1 aromatic carbocycles. The average molecular weight is 338 g/mol. The Kier molecular flexibility index (Phi) is 4.71. The van der Waals surface area contributed by atoms with E-state index in [4.69, 9.17) is 11.6 Å². The Balaban J connectivity index is 1.83. The fraction of sp³-hybridized carbons (Fsp3) is 0.471. The highest BCUT2D eigenvalue weighted by molar-refractivity contribution is 6.31. The van der Waals surface area contributed by atoms with Crippen LogP contribution in [0.25, 0.3) is 0 Å². The van der Waals surface area contributed by atoms with Gasteiger partial charge in [-0.15, -0.1) is 0 Å². The van der Waals surface area contributed by atoms with Crippen molar-refractivity contribution in [3.63, 3.8) is 0 Å². The van der Waals surface area contributed by atoms with Crippen LogP contribution in [-0.4, -0.2) is 26.3 Å². The zero-order valence-electron chi connectivity index (χ0n) is 13.4. The Morgan fingerprint density at radius 1 is 1.39 bits per heavy atom. The summed E-state index contributed by atoms with van der Waals surface area (Å²) in [4.78, 5) is 2.18. The Morgan fingerprint density at radius 3 is 2.91 bits per heavy atom. The van der Waals surface area contributed by atoms with E-state index in [1.807, 2.05) is 10.7 Å². The number of aromatic nitrogens is 2. The van der Waals surface area contributed by atoms with Crippen LogP contribution in [0.2, 0.25) is 5.02 Å². The van der Waals surface area contributed by atoms with E-state index in [1.54, 1.807) is 26.0 Å². The molecule has 0 radical (unpaired) electrons. The Labute approximate surface area is 140 Å². The maximum atomic E-state index is 14.4. The lowest BCUT2D eigenvalue weighted by atomic mass is 10.1. The SMILES string of the molecule is Cc1ccc(Cl)c(CN2CCCn3nc([C@H](C)O)cc3C2)c1F. The van der Waals surface area contributed by atoms with E-state index in [9.17, 15) is 9.50 Å². The van der Waals surface area contributed by atoms with Gasteiger partial charge >= 0.3 is 0 Å². The van der Waals surface area contributed by atoms with Gasteiger partial charge in [-0.1, -0.05) is 17.7 Å². The van der Waals surface area contributed by atoms with Crippen molar-refractivity contribution in [2.24, 2.45) is 0 Å². The van der Waals surface area contributed by atoms with Crippen LogP contribution in [0.1, 0.15) is 42.0 Å². The molecule has 3 rings (SSSR count). The number of fused-ring (bicyclic) bond motifs is 1. The summed E-state index contributed by atoms with van der Waals surface area (Å²) in [5.74, 6) is -0.222. The van der Waals surface area contributed by atoms with Gasteiger partial charge in [0.05, 0.1) is 17.5 Å². The molecule has 1 N–H and O–H groups in total. The molecular formula is C17H21ClFN3O. The zero-order valence-corrected chi connectivity index (χ0v) is 14.1. The normalized spacial score (nSPS) is 16.9. The van der Waals surface area contributed by atoms with Crippen LogP contribution in [0.3, 0.4) is 0 Å². The Morgan fingerprint density at radius 2 is 2.17 bits per heavy atom. The number of benzene rings is 1. The second kappa shape index (κ2) is 6.59. The fourth-order valence-electron chi connectivity index (χ4n) is 2.97. The van der Waals surface area contributed by atoms with E-state index < -0.39 is 6.10 Å².